The van der Waals surface area contributed by atoms with E-state index in [9.17, 15) is 4.79 Å². The number of nitrogens with one attached hydrogen (secondary N) is 1. The SMILES string of the molecule is CC(=O)c1ccc(OC(C)C)c(OCCNCc2cccc(OC3CCCC3)c2)c1.O=C(O)C(=O)O. The summed E-state index contributed by atoms with van der Waals surface area (Å²) in [6.45, 7) is 7.39. The average Bonchev–Trinajstić information content (AvgIpc) is 3.33. The zero-order valence-corrected chi connectivity index (χ0v) is 21.0. The van der Waals surface area contributed by atoms with E-state index < -0.39 is 11.9 Å². The summed E-state index contributed by atoms with van der Waals surface area (Å²) in [5.41, 5.74) is 1.81. The highest BCUT2D eigenvalue weighted by Crippen LogP contribution is 2.29. The number of rotatable bonds is 11. The lowest BCUT2D eigenvalue weighted by atomic mass is 10.1. The van der Waals surface area contributed by atoms with Gasteiger partial charge in [-0.15, -0.1) is 0 Å². The minimum absolute atomic E-state index is 0.00813. The van der Waals surface area contributed by atoms with Crippen molar-refractivity contribution in [3.63, 3.8) is 0 Å². The number of carbonyl (C=O) groups excluding carboxylic acids is 1. The predicted octanol–water partition coefficient (Wildman–Crippen LogP) is 4.32. The number of hydrogen-bond acceptors (Lipinski definition) is 7. The molecule has 2 aromatic rings. The summed E-state index contributed by atoms with van der Waals surface area (Å²) in [6.07, 6.45) is 5.26. The monoisotopic (exact) mass is 501 g/mol. The van der Waals surface area contributed by atoms with Crippen molar-refractivity contribution in [2.75, 3.05) is 13.2 Å². The second-order valence-electron chi connectivity index (χ2n) is 8.69. The molecule has 36 heavy (non-hydrogen) atoms. The molecule has 1 saturated carbocycles. The van der Waals surface area contributed by atoms with Gasteiger partial charge in [0, 0.05) is 18.7 Å². The van der Waals surface area contributed by atoms with E-state index in [2.05, 4.69) is 17.4 Å². The van der Waals surface area contributed by atoms with Crippen LogP contribution in [-0.4, -0.2) is 53.3 Å². The van der Waals surface area contributed by atoms with E-state index in [1.165, 1.54) is 18.4 Å². The maximum atomic E-state index is 11.7. The smallest absolute Gasteiger partial charge is 0.414 e. The fourth-order valence-electron chi connectivity index (χ4n) is 3.58. The van der Waals surface area contributed by atoms with Crippen LogP contribution in [0.25, 0.3) is 0 Å². The summed E-state index contributed by atoms with van der Waals surface area (Å²) < 4.78 is 17.8. The largest absolute Gasteiger partial charge is 0.490 e. The number of ether oxygens (including phenoxy) is 3. The van der Waals surface area contributed by atoms with Gasteiger partial charge in [0.15, 0.2) is 17.3 Å². The molecule has 9 nitrogen and oxygen atoms in total. The van der Waals surface area contributed by atoms with E-state index in [0.29, 0.717) is 36.3 Å². The van der Waals surface area contributed by atoms with Crippen LogP contribution in [0.4, 0.5) is 0 Å². The van der Waals surface area contributed by atoms with Crippen molar-refractivity contribution in [3.8, 4) is 17.2 Å². The molecule has 1 fully saturated rings. The lowest BCUT2D eigenvalue weighted by Gasteiger charge is -2.16. The molecule has 0 spiro atoms. The Hall–Kier alpha value is -3.59. The van der Waals surface area contributed by atoms with Crippen molar-refractivity contribution in [2.24, 2.45) is 0 Å². The quantitative estimate of drug-likeness (QED) is 0.234. The molecular weight excluding hydrogens is 466 g/mol. The lowest BCUT2D eigenvalue weighted by molar-refractivity contribution is -0.159. The molecule has 0 amide bonds. The number of carboxylic acids is 2. The predicted molar refractivity (Wildman–Crippen MR) is 134 cm³/mol. The van der Waals surface area contributed by atoms with Crippen LogP contribution in [0.3, 0.4) is 0 Å². The third kappa shape index (κ3) is 10.4. The van der Waals surface area contributed by atoms with Gasteiger partial charge in [-0.3, -0.25) is 4.79 Å². The first-order valence-corrected chi connectivity index (χ1v) is 12.0. The molecule has 0 unspecified atom stereocenters. The highest BCUT2D eigenvalue weighted by molar-refractivity contribution is 6.27. The van der Waals surface area contributed by atoms with Crippen molar-refractivity contribution >= 4 is 17.7 Å². The molecule has 0 aromatic heterocycles. The van der Waals surface area contributed by atoms with Gasteiger partial charge in [0.1, 0.15) is 12.4 Å². The standard InChI is InChI=1S/C25H33NO4.C2H2O4/c1-18(2)29-24-12-11-21(19(3)27)16-25(24)28-14-13-26-17-20-7-6-10-23(15-20)30-22-8-4-5-9-22;3-1(4)2(5)6/h6-7,10-12,15-16,18,22,26H,4-5,8-9,13-14,17H2,1-3H3;(H,3,4)(H,5,6). The summed E-state index contributed by atoms with van der Waals surface area (Å²) in [6, 6.07) is 13.6. The average molecular weight is 502 g/mol. The maximum Gasteiger partial charge on any atom is 0.414 e. The van der Waals surface area contributed by atoms with E-state index in [0.717, 1.165) is 25.1 Å². The molecule has 196 valence electrons. The number of carboxylic acid groups (broad SMARTS) is 2. The lowest BCUT2D eigenvalue weighted by Crippen LogP contribution is -2.21. The molecule has 0 atom stereocenters. The Morgan fingerprint density at radius 1 is 1.00 bits per heavy atom. The van der Waals surface area contributed by atoms with Gasteiger partial charge >= 0.3 is 11.9 Å². The topological polar surface area (TPSA) is 131 Å². The maximum absolute atomic E-state index is 11.7. The normalized spacial score (nSPS) is 13.0. The molecule has 0 saturated heterocycles. The van der Waals surface area contributed by atoms with Gasteiger partial charge in [0.05, 0.1) is 12.2 Å². The van der Waals surface area contributed by atoms with E-state index in [4.69, 9.17) is 34.0 Å². The van der Waals surface area contributed by atoms with Crippen molar-refractivity contribution in [3.05, 3.63) is 53.6 Å². The fraction of sp³-hybridized carbons (Fsp3) is 0.444. The molecule has 1 aliphatic rings. The van der Waals surface area contributed by atoms with Gasteiger partial charge < -0.3 is 29.7 Å². The van der Waals surface area contributed by atoms with Gasteiger partial charge in [-0.1, -0.05) is 12.1 Å². The Kier molecular flexibility index (Phi) is 11.7. The molecule has 9 heteroatoms. The van der Waals surface area contributed by atoms with Gasteiger partial charge in [0.2, 0.25) is 0 Å². The summed E-state index contributed by atoms with van der Waals surface area (Å²) >= 11 is 0. The Balaban J connectivity index is 0.000000678. The van der Waals surface area contributed by atoms with Crippen molar-refractivity contribution in [1.82, 2.24) is 5.32 Å². The zero-order chi connectivity index (χ0) is 26.5. The Bertz CT molecular complexity index is 1000. The van der Waals surface area contributed by atoms with E-state index in [1.54, 1.807) is 25.1 Å². The third-order valence-electron chi connectivity index (χ3n) is 5.26. The van der Waals surface area contributed by atoms with Crippen LogP contribution in [0.5, 0.6) is 17.2 Å². The number of aliphatic carboxylic acids is 2. The van der Waals surface area contributed by atoms with E-state index in [1.807, 2.05) is 26.0 Å². The molecule has 0 bridgehead atoms. The van der Waals surface area contributed by atoms with Gasteiger partial charge in [-0.25, -0.2) is 9.59 Å². The molecule has 0 aliphatic heterocycles. The fourth-order valence-corrected chi connectivity index (χ4v) is 3.58. The van der Waals surface area contributed by atoms with Crippen LogP contribution in [0.1, 0.15) is 62.4 Å². The minimum atomic E-state index is -1.82. The summed E-state index contributed by atoms with van der Waals surface area (Å²) in [5.74, 6) is -1.43. The first-order chi connectivity index (χ1) is 17.2. The molecule has 3 N–H and O–H groups in total. The molecule has 0 heterocycles. The third-order valence-corrected chi connectivity index (χ3v) is 5.26. The van der Waals surface area contributed by atoms with Gasteiger partial charge in [0.25, 0.3) is 0 Å². The van der Waals surface area contributed by atoms with Crippen LogP contribution in [0.2, 0.25) is 0 Å². The Morgan fingerprint density at radius 2 is 1.69 bits per heavy atom. The van der Waals surface area contributed by atoms with Gasteiger partial charge in [-0.05, 0) is 82.3 Å². The molecule has 1 aliphatic carbocycles. The summed E-state index contributed by atoms with van der Waals surface area (Å²) in [7, 11) is 0. The molecule has 0 radical (unpaired) electrons. The first kappa shape index (κ1) is 28.6. The molecular formula is C27H35NO8. The van der Waals surface area contributed by atoms with Crippen LogP contribution in [0, 0.1) is 0 Å². The second kappa shape index (κ2) is 14.7. The highest BCUT2D eigenvalue weighted by Gasteiger charge is 2.16. The van der Waals surface area contributed by atoms with E-state index >= 15 is 0 Å². The zero-order valence-electron chi connectivity index (χ0n) is 21.0. The number of Topliss-reactive ketones (excluding diaryl/α,β-unsaturated/α-hetero) is 1. The number of ketones is 1. The van der Waals surface area contributed by atoms with E-state index in [-0.39, 0.29) is 11.9 Å². The number of carbonyl (C=O) groups is 3. The summed E-state index contributed by atoms with van der Waals surface area (Å²) in [4.78, 5) is 29.9. The van der Waals surface area contributed by atoms with Crippen molar-refractivity contribution in [2.45, 2.75) is 65.2 Å². The van der Waals surface area contributed by atoms with Crippen LogP contribution < -0.4 is 19.5 Å². The van der Waals surface area contributed by atoms with Crippen LogP contribution >= 0.6 is 0 Å². The number of benzene rings is 2. The summed E-state index contributed by atoms with van der Waals surface area (Å²) in [5, 5.41) is 18.2. The molecule has 2 aromatic carbocycles. The van der Waals surface area contributed by atoms with Crippen LogP contribution in [-0.2, 0) is 16.1 Å². The van der Waals surface area contributed by atoms with Gasteiger partial charge in [-0.2, -0.15) is 0 Å². The highest BCUT2D eigenvalue weighted by atomic mass is 16.5. The Morgan fingerprint density at radius 3 is 2.31 bits per heavy atom. The van der Waals surface area contributed by atoms with Crippen LogP contribution in [0.15, 0.2) is 42.5 Å². The first-order valence-electron chi connectivity index (χ1n) is 12.0. The number of hydrogen-bond donors (Lipinski definition) is 3. The Labute approximate surface area is 211 Å². The second-order valence-corrected chi connectivity index (χ2v) is 8.69. The van der Waals surface area contributed by atoms with Crippen molar-refractivity contribution in [1.29, 1.82) is 0 Å². The minimum Gasteiger partial charge on any atom is -0.490 e. The van der Waals surface area contributed by atoms with Crippen molar-refractivity contribution < 1.29 is 38.8 Å². The molecule has 3 rings (SSSR count).